The van der Waals surface area contributed by atoms with Gasteiger partial charge in [-0.3, -0.25) is 0 Å². The van der Waals surface area contributed by atoms with Crippen molar-refractivity contribution in [2.75, 3.05) is 0 Å². The highest BCUT2D eigenvalue weighted by molar-refractivity contribution is 4.88. The zero-order chi connectivity index (χ0) is 10.7. The van der Waals surface area contributed by atoms with Crippen LogP contribution in [0.5, 0.6) is 0 Å². The topological polar surface area (TPSA) is 12.0 Å². The van der Waals surface area contributed by atoms with E-state index < -0.39 is 0 Å². The molecule has 1 rings (SSSR count). The molecule has 1 fully saturated rings. The summed E-state index contributed by atoms with van der Waals surface area (Å²) in [4.78, 5) is 0. The van der Waals surface area contributed by atoms with Gasteiger partial charge in [-0.1, -0.05) is 27.7 Å². The lowest BCUT2D eigenvalue weighted by molar-refractivity contribution is 0.155. The van der Waals surface area contributed by atoms with Gasteiger partial charge in [-0.15, -0.1) is 0 Å². The molecule has 84 valence electrons. The predicted molar refractivity (Wildman–Crippen MR) is 63.4 cm³/mol. The largest absolute Gasteiger partial charge is 0.311 e. The summed E-state index contributed by atoms with van der Waals surface area (Å²) in [7, 11) is 0. The van der Waals surface area contributed by atoms with Gasteiger partial charge < -0.3 is 5.32 Å². The first-order chi connectivity index (χ1) is 6.49. The van der Waals surface area contributed by atoms with Gasteiger partial charge in [-0.25, -0.2) is 0 Å². The van der Waals surface area contributed by atoms with Crippen molar-refractivity contribution in [2.45, 2.75) is 66.0 Å². The third kappa shape index (κ3) is 3.61. The molecule has 1 heteroatoms. The van der Waals surface area contributed by atoms with Crippen LogP contribution in [0.15, 0.2) is 0 Å². The van der Waals surface area contributed by atoms with Crippen LogP contribution in [0, 0.1) is 17.8 Å². The Hall–Kier alpha value is -0.0400. The van der Waals surface area contributed by atoms with Crippen molar-refractivity contribution >= 4 is 0 Å². The lowest BCUT2D eigenvalue weighted by atomic mass is 9.73. The summed E-state index contributed by atoms with van der Waals surface area (Å²) in [5.41, 5.74) is 0. The lowest BCUT2D eigenvalue weighted by Gasteiger charge is -2.40. The molecule has 1 saturated carbocycles. The second-order valence-electron chi connectivity index (χ2n) is 5.87. The fraction of sp³-hybridized carbons (Fsp3) is 1.00. The second kappa shape index (κ2) is 5.16. The molecule has 1 aliphatic carbocycles. The zero-order valence-corrected chi connectivity index (χ0v) is 10.5. The Labute approximate surface area is 89.7 Å². The van der Waals surface area contributed by atoms with Crippen LogP contribution in [-0.2, 0) is 0 Å². The molecule has 0 saturated heterocycles. The minimum Gasteiger partial charge on any atom is -0.311 e. The van der Waals surface area contributed by atoms with Gasteiger partial charge in [0.2, 0.25) is 0 Å². The number of nitrogens with one attached hydrogen (secondary N) is 1. The average molecular weight is 197 g/mol. The highest BCUT2D eigenvalue weighted by Gasteiger charge is 2.31. The molecule has 0 radical (unpaired) electrons. The smallest absolute Gasteiger partial charge is 0.00750 e. The van der Waals surface area contributed by atoms with Crippen LogP contribution in [0.3, 0.4) is 0 Å². The van der Waals surface area contributed by atoms with E-state index in [4.69, 9.17) is 0 Å². The van der Waals surface area contributed by atoms with E-state index in [2.05, 4.69) is 39.9 Å². The van der Waals surface area contributed by atoms with E-state index in [1.54, 1.807) is 0 Å². The average Bonchev–Trinajstić information content (AvgIpc) is 1.93. The van der Waals surface area contributed by atoms with Gasteiger partial charge in [0, 0.05) is 12.1 Å². The van der Waals surface area contributed by atoms with Gasteiger partial charge in [0.15, 0.2) is 0 Å². The van der Waals surface area contributed by atoms with Crippen LogP contribution in [0.4, 0.5) is 0 Å². The van der Waals surface area contributed by atoms with Crippen molar-refractivity contribution in [3.05, 3.63) is 0 Å². The first-order valence-corrected chi connectivity index (χ1v) is 6.25. The zero-order valence-electron chi connectivity index (χ0n) is 10.5. The van der Waals surface area contributed by atoms with Crippen LogP contribution in [0.1, 0.15) is 53.9 Å². The molecular formula is C13H27N. The first kappa shape index (κ1) is 12.0. The Bertz CT molecular complexity index is 157. The summed E-state index contributed by atoms with van der Waals surface area (Å²) >= 11 is 0. The Morgan fingerprint density at radius 2 is 1.64 bits per heavy atom. The van der Waals surface area contributed by atoms with E-state index in [1.807, 2.05) is 0 Å². The van der Waals surface area contributed by atoms with Crippen molar-refractivity contribution < 1.29 is 0 Å². The Kier molecular flexibility index (Phi) is 4.43. The van der Waals surface area contributed by atoms with Crippen molar-refractivity contribution in [3.63, 3.8) is 0 Å². The monoisotopic (exact) mass is 197 g/mol. The quantitative estimate of drug-likeness (QED) is 0.712. The van der Waals surface area contributed by atoms with Gasteiger partial charge in [0.1, 0.15) is 0 Å². The van der Waals surface area contributed by atoms with E-state index in [0.717, 1.165) is 23.8 Å². The van der Waals surface area contributed by atoms with Crippen LogP contribution >= 0.6 is 0 Å². The molecule has 1 atom stereocenters. The van der Waals surface area contributed by atoms with E-state index in [-0.39, 0.29) is 0 Å². The van der Waals surface area contributed by atoms with E-state index >= 15 is 0 Å². The first-order valence-electron chi connectivity index (χ1n) is 6.25. The molecule has 0 amide bonds. The van der Waals surface area contributed by atoms with E-state index in [1.165, 1.54) is 19.3 Å². The van der Waals surface area contributed by atoms with Crippen molar-refractivity contribution in [3.8, 4) is 0 Å². The lowest BCUT2D eigenvalue weighted by Crippen LogP contribution is -2.46. The van der Waals surface area contributed by atoms with Crippen LogP contribution in [0.25, 0.3) is 0 Å². The SMILES string of the molecule is CC(C)CC(C)NC1CC(C(C)C)C1. The molecule has 0 bridgehead atoms. The summed E-state index contributed by atoms with van der Waals surface area (Å²) in [5, 5.41) is 3.73. The van der Waals surface area contributed by atoms with Gasteiger partial charge in [0.05, 0.1) is 0 Å². The van der Waals surface area contributed by atoms with Gasteiger partial charge in [-0.05, 0) is 43.9 Å². The normalized spacial score (nSPS) is 29.4. The van der Waals surface area contributed by atoms with Crippen molar-refractivity contribution in [2.24, 2.45) is 17.8 Å². The van der Waals surface area contributed by atoms with E-state index in [0.29, 0.717) is 6.04 Å². The molecule has 1 nitrogen and oxygen atoms in total. The number of rotatable bonds is 5. The minimum absolute atomic E-state index is 0.702. The molecule has 0 aromatic heterocycles. The summed E-state index contributed by atoms with van der Waals surface area (Å²) in [6.07, 6.45) is 4.11. The van der Waals surface area contributed by atoms with E-state index in [9.17, 15) is 0 Å². The highest BCUT2D eigenvalue weighted by atomic mass is 15.0. The summed E-state index contributed by atoms with van der Waals surface area (Å²) in [6, 6.07) is 1.52. The van der Waals surface area contributed by atoms with Crippen LogP contribution < -0.4 is 5.32 Å². The van der Waals surface area contributed by atoms with Crippen LogP contribution in [0.2, 0.25) is 0 Å². The third-order valence-corrected chi connectivity index (χ3v) is 3.46. The standard InChI is InChI=1S/C13H27N/c1-9(2)6-11(5)14-13-7-12(8-13)10(3)4/h9-14H,6-8H2,1-5H3. The number of hydrogen-bond acceptors (Lipinski definition) is 1. The molecule has 1 unspecified atom stereocenters. The van der Waals surface area contributed by atoms with Gasteiger partial charge in [0.25, 0.3) is 0 Å². The molecule has 0 aromatic rings. The number of hydrogen-bond donors (Lipinski definition) is 1. The minimum atomic E-state index is 0.702. The maximum absolute atomic E-state index is 3.73. The molecule has 0 aromatic carbocycles. The summed E-state index contributed by atoms with van der Waals surface area (Å²) < 4.78 is 0. The summed E-state index contributed by atoms with van der Waals surface area (Å²) in [6.45, 7) is 11.6. The Balaban J connectivity index is 2.10. The maximum Gasteiger partial charge on any atom is 0.00750 e. The van der Waals surface area contributed by atoms with Gasteiger partial charge in [-0.2, -0.15) is 0 Å². The molecule has 1 aliphatic rings. The van der Waals surface area contributed by atoms with Crippen LogP contribution in [-0.4, -0.2) is 12.1 Å². The molecule has 14 heavy (non-hydrogen) atoms. The Morgan fingerprint density at radius 1 is 1.07 bits per heavy atom. The molecule has 0 heterocycles. The van der Waals surface area contributed by atoms with Crippen molar-refractivity contribution in [1.82, 2.24) is 5.32 Å². The summed E-state index contributed by atoms with van der Waals surface area (Å²) in [5.74, 6) is 2.69. The highest BCUT2D eigenvalue weighted by Crippen LogP contribution is 2.33. The fourth-order valence-corrected chi connectivity index (χ4v) is 2.52. The molecule has 0 aliphatic heterocycles. The Morgan fingerprint density at radius 3 is 2.07 bits per heavy atom. The maximum atomic E-state index is 3.73. The molecular weight excluding hydrogens is 170 g/mol. The fourth-order valence-electron chi connectivity index (χ4n) is 2.52. The third-order valence-electron chi connectivity index (χ3n) is 3.46. The molecule has 1 N–H and O–H groups in total. The van der Waals surface area contributed by atoms with Gasteiger partial charge >= 0.3 is 0 Å². The molecule has 0 spiro atoms. The second-order valence-corrected chi connectivity index (χ2v) is 5.87. The predicted octanol–water partition coefficient (Wildman–Crippen LogP) is 3.45. The van der Waals surface area contributed by atoms with Crippen molar-refractivity contribution in [1.29, 1.82) is 0 Å².